The minimum atomic E-state index is -0.225. The van der Waals surface area contributed by atoms with Crippen molar-refractivity contribution in [2.45, 2.75) is 31.6 Å². The first-order valence-electron chi connectivity index (χ1n) is 5.25. The predicted octanol–water partition coefficient (Wildman–Crippen LogP) is 3.17. The van der Waals surface area contributed by atoms with Crippen LogP contribution in [0.15, 0.2) is 12.1 Å². The van der Waals surface area contributed by atoms with Crippen LogP contribution in [0.4, 0.5) is 4.39 Å². The largest absolute Gasteiger partial charge is 0.330 e. The van der Waals surface area contributed by atoms with Crippen LogP contribution in [-0.2, 0) is 5.41 Å². The summed E-state index contributed by atoms with van der Waals surface area (Å²) in [5.41, 5.74) is 7.24. The molecule has 0 saturated heterocycles. The first kappa shape index (κ1) is 10.9. The van der Waals surface area contributed by atoms with E-state index in [4.69, 9.17) is 17.3 Å². The molecule has 0 unspecified atom stereocenters. The van der Waals surface area contributed by atoms with E-state index < -0.39 is 0 Å². The first-order valence-corrected chi connectivity index (χ1v) is 5.63. The van der Waals surface area contributed by atoms with Crippen molar-refractivity contribution in [3.63, 3.8) is 0 Å². The Morgan fingerprint density at radius 2 is 2.13 bits per heavy atom. The SMILES string of the molecule is Cc1c(F)cc(C2(CN)CCC2)cc1Cl. The van der Waals surface area contributed by atoms with Crippen LogP contribution in [0.5, 0.6) is 0 Å². The molecule has 0 aromatic heterocycles. The average Bonchev–Trinajstić information content (AvgIpc) is 2.13. The Morgan fingerprint density at radius 1 is 1.47 bits per heavy atom. The van der Waals surface area contributed by atoms with Gasteiger partial charge in [0, 0.05) is 22.5 Å². The van der Waals surface area contributed by atoms with Crippen LogP contribution in [-0.4, -0.2) is 6.54 Å². The van der Waals surface area contributed by atoms with Gasteiger partial charge in [0.15, 0.2) is 0 Å². The molecule has 2 N–H and O–H groups in total. The second-order valence-electron chi connectivity index (χ2n) is 4.40. The summed E-state index contributed by atoms with van der Waals surface area (Å²) >= 11 is 5.98. The van der Waals surface area contributed by atoms with Gasteiger partial charge in [0.05, 0.1) is 0 Å². The van der Waals surface area contributed by atoms with Gasteiger partial charge in [-0.3, -0.25) is 0 Å². The highest BCUT2D eigenvalue weighted by molar-refractivity contribution is 6.31. The van der Waals surface area contributed by atoms with Crippen LogP contribution in [0, 0.1) is 12.7 Å². The zero-order valence-corrected chi connectivity index (χ0v) is 9.57. The molecular weight excluding hydrogens is 213 g/mol. The van der Waals surface area contributed by atoms with Crippen LogP contribution >= 0.6 is 11.6 Å². The fourth-order valence-electron chi connectivity index (χ4n) is 2.17. The Morgan fingerprint density at radius 3 is 2.53 bits per heavy atom. The molecule has 0 heterocycles. The standard InChI is InChI=1S/C12H15ClFN/c1-8-10(13)5-9(6-11(8)14)12(7-15)3-2-4-12/h5-6H,2-4,7,15H2,1H3. The third-order valence-electron chi connectivity index (χ3n) is 3.59. The van der Waals surface area contributed by atoms with Gasteiger partial charge in [-0.2, -0.15) is 0 Å². The van der Waals surface area contributed by atoms with Gasteiger partial charge in [-0.25, -0.2) is 4.39 Å². The number of rotatable bonds is 2. The summed E-state index contributed by atoms with van der Waals surface area (Å²) in [7, 11) is 0. The van der Waals surface area contributed by atoms with Gasteiger partial charge in [0.2, 0.25) is 0 Å². The van der Waals surface area contributed by atoms with E-state index in [1.807, 2.05) is 6.07 Å². The molecule has 82 valence electrons. The fraction of sp³-hybridized carbons (Fsp3) is 0.500. The summed E-state index contributed by atoms with van der Waals surface area (Å²) in [5, 5.41) is 0.504. The molecule has 0 aliphatic heterocycles. The van der Waals surface area contributed by atoms with Crippen LogP contribution in [0.25, 0.3) is 0 Å². The first-order chi connectivity index (χ1) is 7.09. The molecule has 1 saturated carbocycles. The van der Waals surface area contributed by atoms with Crippen molar-refractivity contribution in [3.05, 3.63) is 34.1 Å². The molecule has 1 aromatic rings. The number of hydrogen-bond donors (Lipinski definition) is 1. The molecule has 1 fully saturated rings. The highest BCUT2D eigenvalue weighted by Gasteiger charge is 2.37. The third-order valence-corrected chi connectivity index (χ3v) is 3.99. The smallest absolute Gasteiger partial charge is 0.127 e. The predicted molar refractivity (Wildman–Crippen MR) is 60.7 cm³/mol. The normalized spacial score (nSPS) is 18.7. The Kier molecular flexibility index (Phi) is 2.73. The van der Waals surface area contributed by atoms with Crippen LogP contribution in [0.2, 0.25) is 5.02 Å². The fourth-order valence-corrected chi connectivity index (χ4v) is 2.37. The van der Waals surface area contributed by atoms with E-state index in [-0.39, 0.29) is 11.2 Å². The highest BCUT2D eigenvalue weighted by Crippen LogP contribution is 2.44. The second kappa shape index (κ2) is 3.76. The van der Waals surface area contributed by atoms with E-state index in [0.717, 1.165) is 18.4 Å². The summed E-state index contributed by atoms with van der Waals surface area (Å²) in [6.07, 6.45) is 3.26. The Hall–Kier alpha value is -0.600. The average molecular weight is 228 g/mol. The van der Waals surface area contributed by atoms with Crippen molar-refractivity contribution in [2.24, 2.45) is 5.73 Å². The van der Waals surface area contributed by atoms with Gasteiger partial charge >= 0.3 is 0 Å². The minimum Gasteiger partial charge on any atom is -0.330 e. The molecular formula is C12H15ClFN. The molecule has 0 bridgehead atoms. The van der Waals surface area contributed by atoms with E-state index >= 15 is 0 Å². The monoisotopic (exact) mass is 227 g/mol. The van der Waals surface area contributed by atoms with Crippen LogP contribution in [0.1, 0.15) is 30.4 Å². The maximum Gasteiger partial charge on any atom is 0.127 e. The zero-order chi connectivity index (χ0) is 11.1. The van der Waals surface area contributed by atoms with E-state index in [1.165, 1.54) is 6.42 Å². The number of benzene rings is 1. The lowest BCUT2D eigenvalue weighted by Gasteiger charge is -2.41. The van der Waals surface area contributed by atoms with Crippen molar-refractivity contribution >= 4 is 11.6 Å². The summed E-state index contributed by atoms with van der Waals surface area (Å²) in [5.74, 6) is -0.225. The molecule has 1 aromatic carbocycles. The van der Waals surface area contributed by atoms with Gasteiger partial charge < -0.3 is 5.73 Å². The van der Waals surface area contributed by atoms with Gasteiger partial charge in [0.1, 0.15) is 5.82 Å². The molecule has 0 atom stereocenters. The van der Waals surface area contributed by atoms with Crippen molar-refractivity contribution in [1.82, 2.24) is 0 Å². The highest BCUT2D eigenvalue weighted by atomic mass is 35.5. The van der Waals surface area contributed by atoms with E-state index in [0.29, 0.717) is 17.1 Å². The number of halogens is 2. The van der Waals surface area contributed by atoms with Crippen molar-refractivity contribution in [2.75, 3.05) is 6.54 Å². The van der Waals surface area contributed by atoms with E-state index in [2.05, 4.69) is 0 Å². The molecule has 0 spiro atoms. The maximum atomic E-state index is 13.5. The molecule has 1 nitrogen and oxygen atoms in total. The molecule has 0 radical (unpaired) electrons. The topological polar surface area (TPSA) is 26.0 Å². The summed E-state index contributed by atoms with van der Waals surface area (Å²) in [6, 6.07) is 3.46. The third kappa shape index (κ3) is 1.66. The van der Waals surface area contributed by atoms with Gasteiger partial charge in [-0.1, -0.05) is 18.0 Å². The molecule has 1 aliphatic carbocycles. The Labute approximate surface area is 94.4 Å². The Balaban J connectivity index is 2.45. The van der Waals surface area contributed by atoms with Gasteiger partial charge in [0.25, 0.3) is 0 Å². The van der Waals surface area contributed by atoms with Crippen LogP contribution < -0.4 is 5.73 Å². The second-order valence-corrected chi connectivity index (χ2v) is 4.81. The van der Waals surface area contributed by atoms with Crippen molar-refractivity contribution in [3.8, 4) is 0 Å². The lowest BCUT2D eigenvalue weighted by atomic mass is 9.64. The number of hydrogen-bond acceptors (Lipinski definition) is 1. The summed E-state index contributed by atoms with van der Waals surface area (Å²) in [4.78, 5) is 0. The van der Waals surface area contributed by atoms with Gasteiger partial charge in [-0.15, -0.1) is 0 Å². The molecule has 3 heteroatoms. The maximum absolute atomic E-state index is 13.5. The minimum absolute atomic E-state index is 0.0157. The quantitative estimate of drug-likeness (QED) is 0.825. The van der Waals surface area contributed by atoms with Crippen molar-refractivity contribution in [1.29, 1.82) is 0 Å². The zero-order valence-electron chi connectivity index (χ0n) is 8.82. The summed E-state index contributed by atoms with van der Waals surface area (Å²) in [6.45, 7) is 2.27. The lowest BCUT2D eigenvalue weighted by molar-refractivity contribution is 0.252. The summed E-state index contributed by atoms with van der Waals surface area (Å²) < 4.78 is 13.5. The van der Waals surface area contributed by atoms with E-state index in [9.17, 15) is 4.39 Å². The molecule has 2 rings (SSSR count). The molecule has 15 heavy (non-hydrogen) atoms. The van der Waals surface area contributed by atoms with E-state index in [1.54, 1.807) is 13.0 Å². The lowest BCUT2D eigenvalue weighted by Crippen LogP contribution is -2.41. The number of nitrogens with two attached hydrogens (primary N) is 1. The Bertz CT molecular complexity index is 357. The van der Waals surface area contributed by atoms with Gasteiger partial charge in [-0.05, 0) is 37.5 Å². The van der Waals surface area contributed by atoms with Crippen molar-refractivity contribution < 1.29 is 4.39 Å². The molecule has 1 aliphatic rings. The molecule has 0 amide bonds. The van der Waals surface area contributed by atoms with Crippen LogP contribution in [0.3, 0.4) is 0 Å².